The number of hydrogen-bond acceptors (Lipinski definition) is 2. The first kappa shape index (κ1) is 14.8. The molecule has 1 heterocycles. The average Bonchev–Trinajstić information content (AvgIpc) is 2.85. The second kappa shape index (κ2) is 5.40. The molecule has 0 aliphatic carbocycles. The molecule has 2 rings (SSSR count). The van der Waals surface area contributed by atoms with E-state index in [-0.39, 0.29) is 5.78 Å². The largest absolute Gasteiger partial charge is 0.416 e. The summed E-state index contributed by atoms with van der Waals surface area (Å²) in [7, 11) is 0. The number of carbonyl (C=O) groups is 1. The van der Waals surface area contributed by atoms with Gasteiger partial charge in [-0.1, -0.05) is 13.0 Å². The number of hydrogen-bond donors (Lipinski definition) is 0. The van der Waals surface area contributed by atoms with Crippen LogP contribution in [-0.4, -0.2) is 5.78 Å². The highest BCUT2D eigenvalue weighted by atomic mass is 32.1. The number of ketones is 1. The lowest BCUT2D eigenvalue weighted by Crippen LogP contribution is -2.09. The van der Waals surface area contributed by atoms with Crippen LogP contribution >= 0.6 is 11.3 Å². The summed E-state index contributed by atoms with van der Waals surface area (Å²) in [6.07, 6.45) is -3.66. The van der Waals surface area contributed by atoms with Crippen molar-refractivity contribution < 1.29 is 18.0 Å². The predicted molar refractivity (Wildman–Crippen MR) is 73.3 cm³/mol. The van der Waals surface area contributed by atoms with E-state index in [1.165, 1.54) is 24.3 Å². The Morgan fingerprint density at radius 2 is 1.95 bits per heavy atom. The van der Waals surface area contributed by atoms with Gasteiger partial charge in [0.15, 0.2) is 0 Å². The number of aryl methyl sites for hydroxylation is 2. The first-order chi connectivity index (χ1) is 9.34. The Balaban J connectivity index is 2.42. The van der Waals surface area contributed by atoms with Gasteiger partial charge in [-0.15, -0.1) is 11.3 Å². The molecule has 0 unspecified atom stereocenters. The van der Waals surface area contributed by atoms with Crippen molar-refractivity contribution in [2.24, 2.45) is 0 Å². The molecule has 1 aromatic heterocycles. The summed E-state index contributed by atoms with van der Waals surface area (Å²) in [5, 5.41) is 1.82. The Morgan fingerprint density at radius 1 is 1.25 bits per heavy atom. The minimum atomic E-state index is -4.39. The van der Waals surface area contributed by atoms with E-state index < -0.39 is 11.7 Å². The number of thiophene rings is 1. The summed E-state index contributed by atoms with van der Waals surface area (Å²) in [6, 6.07) is 5.11. The summed E-state index contributed by atoms with van der Waals surface area (Å²) in [6.45, 7) is 3.47. The molecule has 106 valence electrons. The van der Waals surface area contributed by atoms with Gasteiger partial charge in [0, 0.05) is 5.56 Å². The molecule has 0 aliphatic rings. The topological polar surface area (TPSA) is 17.1 Å². The Kier molecular flexibility index (Phi) is 3.99. The molecule has 0 amide bonds. The van der Waals surface area contributed by atoms with Crippen molar-refractivity contribution in [1.29, 1.82) is 0 Å². The number of halogens is 3. The molecule has 1 nitrogen and oxygen atoms in total. The van der Waals surface area contributed by atoms with Crippen molar-refractivity contribution in [1.82, 2.24) is 0 Å². The summed E-state index contributed by atoms with van der Waals surface area (Å²) < 4.78 is 37.8. The quantitative estimate of drug-likeness (QED) is 0.739. The fourth-order valence-corrected chi connectivity index (χ4v) is 2.98. The highest BCUT2D eigenvalue weighted by Gasteiger charge is 2.31. The maximum atomic E-state index is 12.6. The Bertz CT molecular complexity index is 641. The molecule has 0 bridgehead atoms. The predicted octanol–water partition coefficient (Wildman–Crippen LogP) is 4.87. The summed E-state index contributed by atoms with van der Waals surface area (Å²) in [5.74, 6) is -0.205. The highest BCUT2D eigenvalue weighted by Crippen LogP contribution is 2.31. The van der Waals surface area contributed by atoms with E-state index in [9.17, 15) is 18.0 Å². The molecule has 0 N–H and O–H groups in total. The summed E-state index contributed by atoms with van der Waals surface area (Å²) in [5.41, 5.74) is 0.878. The molecular weight excluding hydrogens is 285 g/mol. The van der Waals surface area contributed by atoms with Gasteiger partial charge < -0.3 is 0 Å². The second-order valence-corrected chi connectivity index (χ2v) is 5.40. The van der Waals surface area contributed by atoms with E-state index in [1.807, 2.05) is 18.4 Å². The fourth-order valence-electron chi connectivity index (χ4n) is 2.03. The van der Waals surface area contributed by atoms with Gasteiger partial charge >= 0.3 is 6.18 Å². The van der Waals surface area contributed by atoms with E-state index in [4.69, 9.17) is 0 Å². The zero-order chi connectivity index (χ0) is 14.9. The van der Waals surface area contributed by atoms with Crippen LogP contribution in [0.4, 0.5) is 13.2 Å². The van der Waals surface area contributed by atoms with Crippen molar-refractivity contribution in [3.05, 3.63) is 56.8 Å². The Hall–Kier alpha value is -1.62. The number of rotatable bonds is 3. The van der Waals surface area contributed by atoms with Crippen LogP contribution in [0.3, 0.4) is 0 Å². The Labute approximate surface area is 119 Å². The first-order valence-electron chi connectivity index (χ1n) is 6.13. The summed E-state index contributed by atoms with van der Waals surface area (Å²) >= 11 is 1.32. The lowest BCUT2D eigenvalue weighted by molar-refractivity contribution is -0.137. The molecule has 0 spiro atoms. The van der Waals surface area contributed by atoms with Gasteiger partial charge in [-0.25, -0.2) is 0 Å². The van der Waals surface area contributed by atoms with Gasteiger partial charge in [-0.3, -0.25) is 4.79 Å². The molecule has 0 saturated heterocycles. The van der Waals surface area contributed by atoms with Crippen LogP contribution in [0.25, 0.3) is 0 Å². The zero-order valence-electron chi connectivity index (χ0n) is 11.0. The maximum absolute atomic E-state index is 12.6. The zero-order valence-corrected chi connectivity index (χ0v) is 11.9. The van der Waals surface area contributed by atoms with Crippen LogP contribution in [0.1, 0.15) is 38.8 Å². The molecule has 0 atom stereocenters. The van der Waals surface area contributed by atoms with Crippen molar-refractivity contribution in [3.8, 4) is 0 Å². The van der Waals surface area contributed by atoms with Crippen LogP contribution in [0.2, 0.25) is 0 Å². The summed E-state index contributed by atoms with van der Waals surface area (Å²) in [4.78, 5) is 13.0. The van der Waals surface area contributed by atoms with E-state index in [1.54, 1.807) is 0 Å². The number of carbonyl (C=O) groups excluding carboxylic acids is 1. The van der Waals surface area contributed by atoms with Gasteiger partial charge in [0.1, 0.15) is 0 Å². The minimum Gasteiger partial charge on any atom is -0.288 e. The SMILES string of the molecule is CCc1ccsc1C(=O)c1ccc(C(F)(F)F)cc1C. The molecule has 1 aromatic carbocycles. The van der Waals surface area contributed by atoms with Crippen molar-refractivity contribution in [3.63, 3.8) is 0 Å². The van der Waals surface area contributed by atoms with E-state index >= 15 is 0 Å². The van der Waals surface area contributed by atoms with E-state index in [0.717, 1.165) is 24.1 Å². The molecule has 0 aliphatic heterocycles. The van der Waals surface area contributed by atoms with Crippen LogP contribution in [-0.2, 0) is 12.6 Å². The van der Waals surface area contributed by atoms with Crippen LogP contribution in [0, 0.1) is 6.92 Å². The van der Waals surface area contributed by atoms with Crippen LogP contribution in [0.15, 0.2) is 29.6 Å². The third-order valence-corrected chi connectivity index (χ3v) is 4.09. The van der Waals surface area contributed by atoms with E-state index in [0.29, 0.717) is 16.0 Å². The molecular formula is C15H13F3OS. The van der Waals surface area contributed by atoms with Gasteiger partial charge in [-0.05, 0) is 48.1 Å². The molecule has 2 aromatic rings. The van der Waals surface area contributed by atoms with Crippen molar-refractivity contribution in [2.75, 3.05) is 0 Å². The maximum Gasteiger partial charge on any atom is 0.416 e. The van der Waals surface area contributed by atoms with Gasteiger partial charge in [0.2, 0.25) is 5.78 Å². The number of alkyl halides is 3. The lowest BCUT2D eigenvalue weighted by atomic mass is 9.99. The van der Waals surface area contributed by atoms with Crippen molar-refractivity contribution in [2.45, 2.75) is 26.4 Å². The first-order valence-corrected chi connectivity index (χ1v) is 7.01. The normalized spacial score (nSPS) is 11.7. The third kappa shape index (κ3) is 2.77. The van der Waals surface area contributed by atoms with Crippen molar-refractivity contribution >= 4 is 17.1 Å². The molecule has 20 heavy (non-hydrogen) atoms. The van der Waals surface area contributed by atoms with Gasteiger partial charge in [0.05, 0.1) is 10.4 Å². The molecule has 0 radical (unpaired) electrons. The highest BCUT2D eigenvalue weighted by molar-refractivity contribution is 7.12. The molecule has 0 fully saturated rings. The standard InChI is InChI=1S/C15H13F3OS/c1-3-10-6-7-20-14(10)13(19)12-5-4-11(8-9(12)2)15(16,17)18/h4-8H,3H2,1-2H3. The molecule has 0 saturated carbocycles. The van der Waals surface area contributed by atoms with Gasteiger partial charge in [0.25, 0.3) is 0 Å². The fraction of sp³-hybridized carbons (Fsp3) is 0.267. The molecule has 5 heteroatoms. The monoisotopic (exact) mass is 298 g/mol. The van der Waals surface area contributed by atoms with Crippen LogP contribution in [0.5, 0.6) is 0 Å². The lowest BCUT2D eigenvalue weighted by Gasteiger charge is -2.10. The smallest absolute Gasteiger partial charge is 0.288 e. The number of benzene rings is 1. The third-order valence-electron chi connectivity index (χ3n) is 3.13. The van der Waals surface area contributed by atoms with Crippen LogP contribution < -0.4 is 0 Å². The average molecular weight is 298 g/mol. The second-order valence-electron chi connectivity index (χ2n) is 4.49. The van der Waals surface area contributed by atoms with E-state index in [2.05, 4.69) is 0 Å². The van der Waals surface area contributed by atoms with Gasteiger partial charge in [-0.2, -0.15) is 13.2 Å². The minimum absolute atomic E-state index is 0.205. The Morgan fingerprint density at radius 3 is 2.50 bits per heavy atom.